The average molecular weight is 333 g/mol. The largest absolute Gasteiger partial charge is 1.00 e. The van der Waals surface area contributed by atoms with E-state index in [4.69, 9.17) is 0 Å². The molecule has 138 valence electrons. The van der Waals surface area contributed by atoms with E-state index in [1.54, 1.807) is 0 Å². The van der Waals surface area contributed by atoms with Crippen LogP contribution in [0.1, 0.15) is 104 Å². The molecule has 1 atom stereocenters. The first-order chi connectivity index (χ1) is 11.2. The Morgan fingerprint density at radius 1 is 0.750 bits per heavy atom. The molecule has 0 bridgehead atoms. The number of unbranched alkanes of at least 4 members (excludes halogenated alkanes) is 10. The molecule has 0 rings (SSSR count). The van der Waals surface area contributed by atoms with E-state index in [0.29, 0.717) is 6.42 Å². The van der Waals surface area contributed by atoms with Crippen molar-refractivity contribution in [3.8, 4) is 0 Å². The fourth-order valence-corrected chi connectivity index (χ4v) is 3.19. The summed E-state index contributed by atoms with van der Waals surface area (Å²) in [5, 5.41) is 11.4. The van der Waals surface area contributed by atoms with Gasteiger partial charge in [0.25, 0.3) is 0 Å². The second-order valence-electron chi connectivity index (χ2n) is 6.81. The van der Waals surface area contributed by atoms with Gasteiger partial charge in [-0.1, -0.05) is 85.0 Å². The zero-order valence-electron chi connectivity index (χ0n) is 16.9. The van der Waals surface area contributed by atoms with E-state index in [2.05, 4.69) is 18.7 Å². The van der Waals surface area contributed by atoms with Crippen molar-refractivity contribution in [2.45, 2.75) is 110 Å². The number of carbonyl (C=O) groups is 1. The van der Waals surface area contributed by atoms with Gasteiger partial charge in [-0.2, -0.15) is 0 Å². The van der Waals surface area contributed by atoms with E-state index in [9.17, 15) is 9.90 Å². The number of hydrogen-bond donors (Lipinski definition) is 0. The standard InChI is InChI=1S/C20H41NO2.Li/c1-4-7-9-11-13-15-17-21(19(6-3)20(22)23)18-16-14-12-10-8-5-2;/h19H,4-18H2,1-3H3,(H,22,23);/q;+1/p-1. The molecule has 1 unspecified atom stereocenters. The van der Waals surface area contributed by atoms with Gasteiger partial charge in [0.15, 0.2) is 0 Å². The van der Waals surface area contributed by atoms with Gasteiger partial charge in [0.05, 0.1) is 5.97 Å². The van der Waals surface area contributed by atoms with E-state index in [1.165, 1.54) is 64.2 Å². The summed E-state index contributed by atoms with van der Waals surface area (Å²) in [4.78, 5) is 13.5. The van der Waals surface area contributed by atoms with Crippen molar-refractivity contribution < 1.29 is 28.8 Å². The molecule has 24 heavy (non-hydrogen) atoms. The molecule has 0 aliphatic carbocycles. The zero-order valence-corrected chi connectivity index (χ0v) is 16.9. The van der Waals surface area contributed by atoms with Gasteiger partial charge in [-0.3, -0.25) is 4.90 Å². The molecule has 3 nitrogen and oxygen atoms in total. The molecular weight excluding hydrogens is 293 g/mol. The fourth-order valence-electron chi connectivity index (χ4n) is 3.19. The first kappa shape index (κ1) is 26.3. The van der Waals surface area contributed by atoms with Crippen molar-refractivity contribution in [3.05, 3.63) is 0 Å². The molecule has 0 aromatic heterocycles. The van der Waals surface area contributed by atoms with E-state index in [-0.39, 0.29) is 18.9 Å². The molecule has 0 saturated heterocycles. The van der Waals surface area contributed by atoms with Crippen LogP contribution >= 0.6 is 0 Å². The molecule has 0 aromatic rings. The van der Waals surface area contributed by atoms with Gasteiger partial charge >= 0.3 is 18.9 Å². The van der Waals surface area contributed by atoms with Gasteiger partial charge in [-0.05, 0) is 32.4 Å². The number of aliphatic carboxylic acids is 1. The van der Waals surface area contributed by atoms with Crippen LogP contribution in [0.2, 0.25) is 0 Å². The topological polar surface area (TPSA) is 43.4 Å². The molecular formula is C20H40LiNO2. The Labute approximate surface area is 163 Å². The number of carbonyl (C=O) groups excluding carboxylic acids is 1. The minimum atomic E-state index is -0.899. The third-order valence-electron chi connectivity index (χ3n) is 4.70. The molecule has 4 heteroatoms. The van der Waals surface area contributed by atoms with Crippen molar-refractivity contribution in [1.29, 1.82) is 0 Å². The molecule has 0 N–H and O–H groups in total. The maximum absolute atomic E-state index is 11.4. The van der Waals surface area contributed by atoms with Crippen LogP contribution in [0.3, 0.4) is 0 Å². The van der Waals surface area contributed by atoms with Crippen molar-refractivity contribution in [2.24, 2.45) is 0 Å². The van der Waals surface area contributed by atoms with E-state index in [1.807, 2.05) is 6.92 Å². The van der Waals surface area contributed by atoms with Gasteiger partial charge in [-0.15, -0.1) is 0 Å². The second-order valence-corrected chi connectivity index (χ2v) is 6.81. The molecule has 0 heterocycles. The number of carboxylic acids is 1. The Kier molecular flexibility index (Phi) is 21.2. The predicted octanol–water partition coefficient (Wildman–Crippen LogP) is 1.54. The van der Waals surface area contributed by atoms with E-state index < -0.39 is 12.0 Å². The van der Waals surface area contributed by atoms with Gasteiger partial charge in [0.2, 0.25) is 0 Å². The Balaban J connectivity index is 0. The summed E-state index contributed by atoms with van der Waals surface area (Å²) in [6.45, 7) is 8.24. The molecule has 0 aliphatic heterocycles. The quantitative estimate of drug-likeness (QED) is 0.300. The molecule has 0 spiro atoms. The maximum Gasteiger partial charge on any atom is 1.00 e. The third kappa shape index (κ3) is 14.4. The summed E-state index contributed by atoms with van der Waals surface area (Å²) < 4.78 is 0. The van der Waals surface area contributed by atoms with Crippen LogP contribution in [0.4, 0.5) is 0 Å². The first-order valence-corrected chi connectivity index (χ1v) is 10.1. The van der Waals surface area contributed by atoms with Gasteiger partial charge in [0, 0.05) is 6.04 Å². The van der Waals surface area contributed by atoms with Crippen LogP contribution in [0.5, 0.6) is 0 Å². The number of rotatable bonds is 17. The normalized spacial score (nSPS) is 12.2. The second kappa shape index (κ2) is 19.4. The fraction of sp³-hybridized carbons (Fsp3) is 0.950. The summed E-state index contributed by atoms with van der Waals surface area (Å²) in [5.41, 5.74) is 0. The Morgan fingerprint density at radius 3 is 1.46 bits per heavy atom. The van der Waals surface area contributed by atoms with Crippen LogP contribution in [0.25, 0.3) is 0 Å². The molecule has 0 aliphatic rings. The van der Waals surface area contributed by atoms with Crippen molar-refractivity contribution >= 4 is 5.97 Å². The van der Waals surface area contributed by atoms with Crippen LogP contribution in [0.15, 0.2) is 0 Å². The van der Waals surface area contributed by atoms with Gasteiger partial charge in [-0.25, -0.2) is 0 Å². The Bertz CT molecular complexity index is 258. The number of nitrogens with zero attached hydrogens (tertiary/aromatic N) is 1. The maximum atomic E-state index is 11.4. The van der Waals surface area contributed by atoms with Crippen LogP contribution < -0.4 is 24.0 Å². The third-order valence-corrected chi connectivity index (χ3v) is 4.70. The van der Waals surface area contributed by atoms with Gasteiger partial charge in [0.1, 0.15) is 0 Å². The van der Waals surface area contributed by atoms with Crippen molar-refractivity contribution in [1.82, 2.24) is 4.90 Å². The minimum absolute atomic E-state index is 0. The molecule has 0 radical (unpaired) electrons. The van der Waals surface area contributed by atoms with Crippen LogP contribution in [-0.2, 0) is 4.79 Å². The van der Waals surface area contributed by atoms with Crippen LogP contribution in [-0.4, -0.2) is 30.0 Å². The summed E-state index contributed by atoms with van der Waals surface area (Å²) in [6, 6.07) is -0.402. The van der Waals surface area contributed by atoms with E-state index in [0.717, 1.165) is 25.9 Å². The zero-order chi connectivity index (χ0) is 17.3. The number of hydrogen-bond acceptors (Lipinski definition) is 3. The molecule has 0 aromatic carbocycles. The van der Waals surface area contributed by atoms with Crippen LogP contribution in [0, 0.1) is 0 Å². The molecule has 0 saturated carbocycles. The summed E-state index contributed by atoms with van der Waals surface area (Å²) in [5.74, 6) is -0.899. The Hall–Kier alpha value is 0.0274. The monoisotopic (exact) mass is 333 g/mol. The summed E-state index contributed by atoms with van der Waals surface area (Å²) >= 11 is 0. The average Bonchev–Trinajstić information content (AvgIpc) is 2.53. The first-order valence-electron chi connectivity index (χ1n) is 10.1. The summed E-state index contributed by atoms with van der Waals surface area (Å²) in [7, 11) is 0. The SMILES string of the molecule is CCCCCCCCN(CCCCCCCC)C(CC)C(=O)[O-].[Li+]. The number of carboxylic acid groups (broad SMARTS) is 1. The van der Waals surface area contributed by atoms with Gasteiger partial charge < -0.3 is 9.90 Å². The van der Waals surface area contributed by atoms with Crippen molar-refractivity contribution in [2.75, 3.05) is 13.1 Å². The molecule has 0 amide bonds. The Morgan fingerprint density at radius 2 is 1.12 bits per heavy atom. The smallest absolute Gasteiger partial charge is 0.548 e. The van der Waals surface area contributed by atoms with E-state index >= 15 is 0 Å². The molecule has 0 fully saturated rings. The summed E-state index contributed by atoms with van der Waals surface area (Å²) in [6.07, 6.45) is 15.7. The minimum Gasteiger partial charge on any atom is -0.548 e. The van der Waals surface area contributed by atoms with Crippen molar-refractivity contribution in [3.63, 3.8) is 0 Å². The predicted molar refractivity (Wildman–Crippen MR) is 97.4 cm³/mol.